The Kier molecular flexibility index (Phi) is 6.93. The van der Waals surface area contributed by atoms with E-state index >= 15 is 0 Å². The summed E-state index contributed by atoms with van der Waals surface area (Å²) >= 11 is 2.81. The summed E-state index contributed by atoms with van der Waals surface area (Å²) in [6, 6.07) is 13.4. The van der Waals surface area contributed by atoms with E-state index in [0.717, 1.165) is 21.9 Å². The van der Waals surface area contributed by atoms with Gasteiger partial charge in [0.15, 0.2) is 0 Å². The van der Waals surface area contributed by atoms with E-state index in [-0.39, 0.29) is 76.8 Å². The number of imide groups is 1. The maximum absolute atomic E-state index is 13.8. The van der Waals surface area contributed by atoms with Gasteiger partial charge in [-0.25, -0.2) is 4.79 Å². The van der Waals surface area contributed by atoms with E-state index in [1.807, 2.05) is 12.1 Å². The van der Waals surface area contributed by atoms with Crippen molar-refractivity contribution >= 4 is 52.5 Å². The van der Waals surface area contributed by atoms with Gasteiger partial charge in [-0.3, -0.25) is 24.1 Å². The van der Waals surface area contributed by atoms with Gasteiger partial charge in [-0.1, -0.05) is 23.5 Å². The van der Waals surface area contributed by atoms with Crippen LogP contribution < -0.4 is 10.2 Å². The van der Waals surface area contributed by atoms with Gasteiger partial charge in [0, 0.05) is 34.7 Å². The third kappa shape index (κ3) is 4.58. The third-order valence-electron chi connectivity index (χ3n) is 9.31. The smallest absolute Gasteiger partial charge is 0.338 e. The number of likely N-dealkylation sites (tertiary alicyclic amines) is 1. The normalized spacial score (nSPS) is 28.4. The number of hydrogen-bond acceptors (Lipinski definition) is 9. The fourth-order valence-electron chi connectivity index (χ4n) is 7.69. The number of rotatable bonds is 7. The van der Waals surface area contributed by atoms with E-state index in [1.54, 1.807) is 55.1 Å². The molecule has 7 atom stereocenters. The standard InChI is InChI=1S/C31H29N3O7S2/c1-2-41-30(39)15-3-7-16(8-4-15)32-20(36)11-12-34-28(37)23-18-13-19(24(23)29(34)38)25-22(18)21(14-5-9-17(35)10-6-14)26-27(42-25)33-31(40)43-26/h3-10,18-19,21-25,35H,2,11-13H2,1H3,(H,32,36)(H,33,40). The molecule has 4 aliphatic rings. The molecule has 3 heterocycles. The topological polar surface area (TPSA) is 146 Å². The molecule has 3 aromatic rings. The predicted molar refractivity (Wildman–Crippen MR) is 159 cm³/mol. The molecule has 3 fully saturated rings. The Morgan fingerprint density at radius 2 is 1.72 bits per heavy atom. The van der Waals surface area contributed by atoms with E-state index < -0.39 is 17.8 Å². The fourth-order valence-corrected chi connectivity index (χ4v) is 10.6. The van der Waals surface area contributed by atoms with Gasteiger partial charge >= 0.3 is 10.8 Å². The summed E-state index contributed by atoms with van der Waals surface area (Å²) in [4.78, 5) is 69.5. The van der Waals surface area contributed by atoms with Crippen molar-refractivity contribution in [1.82, 2.24) is 9.88 Å². The molecule has 2 saturated carbocycles. The molecule has 0 radical (unpaired) electrons. The number of fused-ring (bicyclic) bond motifs is 9. The number of nitrogens with one attached hydrogen (secondary N) is 2. The van der Waals surface area contributed by atoms with E-state index in [0.29, 0.717) is 11.3 Å². The summed E-state index contributed by atoms with van der Waals surface area (Å²) in [6.45, 7) is 1.99. The lowest BCUT2D eigenvalue weighted by atomic mass is 9.68. The summed E-state index contributed by atoms with van der Waals surface area (Å²) in [5, 5.41) is 13.6. The Labute approximate surface area is 254 Å². The van der Waals surface area contributed by atoms with Gasteiger partial charge in [0.05, 0.1) is 29.0 Å². The van der Waals surface area contributed by atoms with Crippen molar-refractivity contribution in [3.8, 4) is 5.75 Å². The number of esters is 1. The van der Waals surface area contributed by atoms with Gasteiger partial charge in [0.25, 0.3) is 0 Å². The number of amides is 3. The molecule has 12 heteroatoms. The summed E-state index contributed by atoms with van der Waals surface area (Å²) in [5.41, 5.74) is 1.86. The molecule has 2 aromatic carbocycles. The molecule has 222 valence electrons. The first-order valence-corrected chi connectivity index (χ1v) is 16.1. The molecule has 3 amide bonds. The number of nitrogens with zero attached hydrogens (tertiary/aromatic N) is 1. The molecule has 3 N–H and O–H groups in total. The monoisotopic (exact) mass is 619 g/mol. The Morgan fingerprint density at radius 3 is 2.42 bits per heavy atom. The molecule has 2 aliphatic carbocycles. The van der Waals surface area contributed by atoms with Crippen LogP contribution in [0.4, 0.5) is 5.69 Å². The minimum absolute atomic E-state index is 0.00136. The van der Waals surface area contributed by atoms with Crippen molar-refractivity contribution in [1.29, 1.82) is 0 Å². The van der Waals surface area contributed by atoms with Gasteiger partial charge in [-0.15, -0.1) is 11.8 Å². The van der Waals surface area contributed by atoms with Crippen LogP contribution in [0.25, 0.3) is 0 Å². The van der Waals surface area contributed by atoms with Crippen molar-refractivity contribution in [2.45, 2.75) is 36.0 Å². The van der Waals surface area contributed by atoms with Gasteiger partial charge in [-0.05, 0) is 73.1 Å². The molecule has 1 saturated heterocycles. The molecule has 10 nitrogen and oxygen atoms in total. The van der Waals surface area contributed by atoms with E-state index in [9.17, 15) is 29.1 Å². The fraction of sp³-hybridized carbons (Fsp3) is 0.387. The average molecular weight is 620 g/mol. The molecule has 2 aliphatic heterocycles. The lowest BCUT2D eigenvalue weighted by Crippen LogP contribution is -2.42. The van der Waals surface area contributed by atoms with Crippen molar-refractivity contribution in [3.63, 3.8) is 0 Å². The summed E-state index contributed by atoms with van der Waals surface area (Å²) < 4.78 is 4.98. The van der Waals surface area contributed by atoms with E-state index in [2.05, 4.69) is 10.3 Å². The molecule has 7 unspecified atom stereocenters. The maximum atomic E-state index is 13.8. The van der Waals surface area contributed by atoms with Crippen LogP contribution in [0, 0.1) is 29.6 Å². The number of H-pyrrole nitrogens is 1. The SMILES string of the molecule is CCOC(=O)c1ccc(NC(=O)CCN2C(=O)C3C4CC(C3C2=O)C2C(c3ccc(O)cc3)c3sc(=O)[nH]c3SC42)cc1. The van der Waals surface area contributed by atoms with Gasteiger partial charge in [0.1, 0.15) is 5.75 Å². The van der Waals surface area contributed by atoms with E-state index in [4.69, 9.17) is 4.74 Å². The number of thiazole rings is 1. The lowest BCUT2D eigenvalue weighted by Gasteiger charge is -2.43. The highest BCUT2D eigenvalue weighted by Gasteiger charge is 2.69. The second-order valence-corrected chi connectivity index (χ2v) is 13.7. The number of thioether (sulfide) groups is 1. The van der Waals surface area contributed by atoms with Crippen LogP contribution in [0.3, 0.4) is 0 Å². The number of ether oxygens (including phenoxy) is 1. The molecular formula is C31H29N3O7S2. The van der Waals surface area contributed by atoms with E-state index in [1.165, 1.54) is 16.2 Å². The Hall–Kier alpha value is -3.90. The number of aromatic amines is 1. The van der Waals surface area contributed by atoms with Crippen molar-refractivity contribution in [2.75, 3.05) is 18.5 Å². The number of benzene rings is 2. The van der Waals surface area contributed by atoms with Crippen molar-refractivity contribution in [2.24, 2.45) is 29.6 Å². The first kappa shape index (κ1) is 27.9. The Bertz CT molecular complexity index is 1680. The van der Waals surface area contributed by atoms with Crippen LogP contribution in [-0.2, 0) is 19.1 Å². The lowest BCUT2D eigenvalue weighted by molar-refractivity contribution is -0.141. The molecular weight excluding hydrogens is 590 g/mol. The van der Waals surface area contributed by atoms with Crippen LogP contribution in [0.5, 0.6) is 5.75 Å². The zero-order chi connectivity index (χ0) is 30.0. The molecule has 43 heavy (non-hydrogen) atoms. The number of phenols is 1. The van der Waals surface area contributed by atoms with Gasteiger partial charge in [0.2, 0.25) is 17.7 Å². The summed E-state index contributed by atoms with van der Waals surface area (Å²) in [7, 11) is 0. The minimum atomic E-state index is -0.442. The first-order chi connectivity index (χ1) is 20.7. The minimum Gasteiger partial charge on any atom is -0.508 e. The van der Waals surface area contributed by atoms with Crippen molar-refractivity contribution < 1.29 is 29.0 Å². The Morgan fingerprint density at radius 1 is 1.02 bits per heavy atom. The highest BCUT2D eigenvalue weighted by atomic mass is 32.2. The number of phenolic OH excluding ortho intramolecular Hbond substituents is 1. The number of hydrogen-bond donors (Lipinski definition) is 3. The largest absolute Gasteiger partial charge is 0.508 e. The highest BCUT2D eigenvalue weighted by Crippen LogP contribution is 2.68. The average Bonchev–Trinajstić information content (AvgIpc) is 3.72. The number of carbonyl (C=O) groups excluding carboxylic acids is 4. The molecule has 2 bridgehead atoms. The second-order valence-electron chi connectivity index (χ2n) is 11.5. The Balaban J connectivity index is 1.07. The van der Waals surface area contributed by atoms with Crippen molar-refractivity contribution in [3.05, 3.63) is 74.2 Å². The number of aromatic hydroxyl groups is 1. The van der Waals surface area contributed by atoms with Gasteiger partial charge in [-0.2, -0.15) is 0 Å². The second kappa shape index (κ2) is 10.7. The van der Waals surface area contributed by atoms with Gasteiger partial charge < -0.3 is 20.1 Å². The van der Waals surface area contributed by atoms with Crippen LogP contribution in [0.15, 0.2) is 58.4 Å². The highest BCUT2D eigenvalue weighted by molar-refractivity contribution is 8.00. The van der Waals surface area contributed by atoms with Crippen LogP contribution in [-0.4, -0.2) is 57.1 Å². The number of carbonyl (C=O) groups is 4. The number of anilines is 1. The first-order valence-electron chi connectivity index (χ1n) is 14.4. The molecule has 0 spiro atoms. The molecule has 7 rings (SSSR count). The third-order valence-corrected chi connectivity index (χ3v) is 11.9. The molecule has 1 aromatic heterocycles. The summed E-state index contributed by atoms with van der Waals surface area (Å²) in [5.74, 6) is -1.97. The van der Waals surface area contributed by atoms with Crippen LogP contribution >= 0.6 is 23.1 Å². The quantitative estimate of drug-likeness (QED) is 0.267. The predicted octanol–water partition coefficient (Wildman–Crippen LogP) is 3.82. The zero-order valence-electron chi connectivity index (χ0n) is 23.1. The maximum Gasteiger partial charge on any atom is 0.338 e. The summed E-state index contributed by atoms with van der Waals surface area (Å²) in [6.07, 6.45) is 0.737. The number of aromatic nitrogens is 1. The van der Waals surface area contributed by atoms with Crippen LogP contribution in [0.1, 0.15) is 46.5 Å². The zero-order valence-corrected chi connectivity index (χ0v) is 24.8. The van der Waals surface area contributed by atoms with Crippen LogP contribution in [0.2, 0.25) is 0 Å².